The molecule has 0 saturated carbocycles. The Morgan fingerprint density at radius 3 is 2.89 bits per heavy atom. The molecule has 1 aromatic heterocycles. The average Bonchev–Trinajstić information content (AvgIpc) is 2.39. The molecule has 0 fully saturated rings. The summed E-state index contributed by atoms with van der Waals surface area (Å²) in [5, 5.41) is 0. The summed E-state index contributed by atoms with van der Waals surface area (Å²) >= 11 is 3.33. The van der Waals surface area contributed by atoms with Gasteiger partial charge in [0.2, 0.25) is 0 Å². The molecule has 3 nitrogen and oxygen atoms in total. The number of pyridine rings is 1. The Morgan fingerprint density at radius 1 is 1.33 bits per heavy atom. The second kappa shape index (κ2) is 5.78. The van der Waals surface area contributed by atoms with Crippen LogP contribution in [-0.2, 0) is 6.42 Å². The molecule has 2 rings (SSSR count). The lowest BCUT2D eigenvalue weighted by Gasteiger charge is -2.05. The maximum absolute atomic E-state index is 12.1. The summed E-state index contributed by atoms with van der Waals surface area (Å²) in [7, 11) is 1.61. The SMILES string of the molecule is COc1cccc(CC(=O)c2ncccc2Br)c1. The number of benzene rings is 1. The van der Waals surface area contributed by atoms with Gasteiger partial charge in [-0.1, -0.05) is 12.1 Å². The van der Waals surface area contributed by atoms with Crippen molar-refractivity contribution in [2.45, 2.75) is 6.42 Å². The Bertz CT molecular complexity index is 569. The van der Waals surface area contributed by atoms with Crippen molar-refractivity contribution in [1.82, 2.24) is 4.98 Å². The number of rotatable bonds is 4. The first-order valence-electron chi connectivity index (χ1n) is 5.47. The molecule has 1 aromatic carbocycles. The van der Waals surface area contributed by atoms with Gasteiger partial charge in [0.1, 0.15) is 11.4 Å². The third-order valence-electron chi connectivity index (χ3n) is 2.52. The molecule has 0 amide bonds. The van der Waals surface area contributed by atoms with E-state index in [0.717, 1.165) is 15.8 Å². The molecule has 0 saturated heterocycles. The molecule has 0 aliphatic heterocycles. The number of hydrogen-bond acceptors (Lipinski definition) is 3. The van der Waals surface area contributed by atoms with Crippen LogP contribution >= 0.6 is 15.9 Å². The molecular formula is C14H12BrNO2. The van der Waals surface area contributed by atoms with E-state index in [9.17, 15) is 4.79 Å². The largest absolute Gasteiger partial charge is 0.497 e. The first-order chi connectivity index (χ1) is 8.70. The zero-order chi connectivity index (χ0) is 13.0. The maximum atomic E-state index is 12.1. The van der Waals surface area contributed by atoms with E-state index in [1.54, 1.807) is 19.4 Å². The summed E-state index contributed by atoms with van der Waals surface area (Å²) in [5.41, 5.74) is 1.37. The third-order valence-corrected chi connectivity index (χ3v) is 3.16. The van der Waals surface area contributed by atoms with Gasteiger partial charge >= 0.3 is 0 Å². The highest BCUT2D eigenvalue weighted by Gasteiger charge is 2.12. The van der Waals surface area contributed by atoms with Crippen LogP contribution in [0.1, 0.15) is 16.1 Å². The van der Waals surface area contributed by atoms with Gasteiger partial charge in [-0.3, -0.25) is 9.78 Å². The van der Waals surface area contributed by atoms with Crippen LogP contribution in [0, 0.1) is 0 Å². The summed E-state index contributed by atoms with van der Waals surface area (Å²) in [5.74, 6) is 0.733. The molecular weight excluding hydrogens is 294 g/mol. The molecule has 4 heteroatoms. The molecule has 1 heterocycles. The van der Waals surface area contributed by atoms with Crippen molar-refractivity contribution in [3.05, 3.63) is 58.3 Å². The average molecular weight is 306 g/mol. The Labute approximate surface area is 114 Å². The molecule has 0 aliphatic carbocycles. The van der Waals surface area contributed by atoms with Gasteiger partial charge in [0.25, 0.3) is 0 Å². The zero-order valence-corrected chi connectivity index (χ0v) is 11.5. The predicted molar refractivity (Wildman–Crippen MR) is 73.0 cm³/mol. The third kappa shape index (κ3) is 2.96. The van der Waals surface area contributed by atoms with E-state index in [4.69, 9.17) is 4.74 Å². The van der Waals surface area contributed by atoms with E-state index in [2.05, 4.69) is 20.9 Å². The van der Waals surface area contributed by atoms with Crippen molar-refractivity contribution in [3.63, 3.8) is 0 Å². The summed E-state index contributed by atoms with van der Waals surface area (Å²) in [6.07, 6.45) is 1.93. The van der Waals surface area contributed by atoms with Crippen LogP contribution in [0.5, 0.6) is 5.75 Å². The highest BCUT2D eigenvalue weighted by molar-refractivity contribution is 9.10. The molecule has 2 aromatic rings. The smallest absolute Gasteiger partial charge is 0.186 e. The number of carbonyl (C=O) groups is 1. The Kier molecular flexibility index (Phi) is 4.10. The first-order valence-corrected chi connectivity index (χ1v) is 6.26. The molecule has 0 spiro atoms. The van der Waals surface area contributed by atoms with Crippen molar-refractivity contribution in [3.8, 4) is 5.75 Å². The van der Waals surface area contributed by atoms with Gasteiger partial charge < -0.3 is 4.74 Å². The molecule has 0 aliphatic rings. The lowest BCUT2D eigenvalue weighted by Crippen LogP contribution is -2.06. The molecule has 0 bridgehead atoms. The quantitative estimate of drug-likeness (QED) is 0.814. The van der Waals surface area contributed by atoms with Crippen LogP contribution in [0.3, 0.4) is 0 Å². The van der Waals surface area contributed by atoms with Crippen molar-refractivity contribution in [2.75, 3.05) is 7.11 Å². The van der Waals surface area contributed by atoms with Gasteiger partial charge in [0.05, 0.1) is 7.11 Å². The topological polar surface area (TPSA) is 39.2 Å². The minimum absolute atomic E-state index is 0.0178. The van der Waals surface area contributed by atoms with E-state index in [-0.39, 0.29) is 5.78 Å². The number of ether oxygens (including phenoxy) is 1. The van der Waals surface area contributed by atoms with Crippen LogP contribution < -0.4 is 4.74 Å². The standard InChI is InChI=1S/C14H12BrNO2/c1-18-11-5-2-4-10(8-11)9-13(17)14-12(15)6-3-7-16-14/h2-8H,9H2,1H3. The maximum Gasteiger partial charge on any atom is 0.186 e. The van der Waals surface area contributed by atoms with Crippen molar-refractivity contribution in [1.29, 1.82) is 0 Å². The van der Waals surface area contributed by atoms with E-state index in [0.29, 0.717) is 12.1 Å². The van der Waals surface area contributed by atoms with E-state index in [1.807, 2.05) is 30.3 Å². The van der Waals surface area contributed by atoms with Gasteiger partial charge in [-0.05, 0) is 45.8 Å². The zero-order valence-electron chi connectivity index (χ0n) is 9.89. The minimum atomic E-state index is -0.0178. The van der Waals surface area contributed by atoms with Gasteiger partial charge in [0, 0.05) is 17.1 Å². The van der Waals surface area contributed by atoms with E-state index < -0.39 is 0 Å². The van der Waals surface area contributed by atoms with E-state index in [1.165, 1.54) is 0 Å². The molecule has 18 heavy (non-hydrogen) atoms. The van der Waals surface area contributed by atoms with Gasteiger partial charge in [-0.25, -0.2) is 0 Å². The fraction of sp³-hybridized carbons (Fsp3) is 0.143. The van der Waals surface area contributed by atoms with Crippen LogP contribution in [0.2, 0.25) is 0 Å². The van der Waals surface area contributed by atoms with Crippen molar-refractivity contribution >= 4 is 21.7 Å². The van der Waals surface area contributed by atoms with Gasteiger partial charge in [-0.2, -0.15) is 0 Å². The lowest BCUT2D eigenvalue weighted by molar-refractivity contribution is 0.0987. The van der Waals surface area contributed by atoms with E-state index >= 15 is 0 Å². The normalized spacial score (nSPS) is 10.1. The molecule has 0 atom stereocenters. The number of ketones is 1. The lowest BCUT2D eigenvalue weighted by atomic mass is 10.1. The van der Waals surface area contributed by atoms with Crippen molar-refractivity contribution in [2.24, 2.45) is 0 Å². The van der Waals surface area contributed by atoms with Crippen LogP contribution in [-0.4, -0.2) is 17.9 Å². The van der Waals surface area contributed by atoms with Gasteiger partial charge in [0.15, 0.2) is 5.78 Å². The fourth-order valence-corrected chi connectivity index (χ4v) is 2.12. The number of methoxy groups -OCH3 is 1. The minimum Gasteiger partial charge on any atom is -0.497 e. The molecule has 0 unspecified atom stereocenters. The first kappa shape index (κ1) is 12.8. The Hall–Kier alpha value is -1.68. The Morgan fingerprint density at radius 2 is 2.17 bits per heavy atom. The summed E-state index contributed by atoms with van der Waals surface area (Å²) in [4.78, 5) is 16.2. The van der Waals surface area contributed by atoms with Gasteiger partial charge in [-0.15, -0.1) is 0 Å². The second-order valence-electron chi connectivity index (χ2n) is 3.79. The molecule has 92 valence electrons. The summed E-state index contributed by atoms with van der Waals surface area (Å²) < 4.78 is 5.85. The van der Waals surface area contributed by atoms with Crippen LogP contribution in [0.15, 0.2) is 47.1 Å². The van der Waals surface area contributed by atoms with Crippen LogP contribution in [0.4, 0.5) is 0 Å². The monoisotopic (exact) mass is 305 g/mol. The summed E-state index contributed by atoms with van der Waals surface area (Å²) in [6.45, 7) is 0. The number of nitrogens with zero attached hydrogens (tertiary/aromatic N) is 1. The number of carbonyl (C=O) groups excluding carboxylic acids is 1. The fourth-order valence-electron chi connectivity index (χ4n) is 1.64. The molecule has 0 radical (unpaired) electrons. The Balaban J connectivity index is 2.19. The number of hydrogen-bond donors (Lipinski definition) is 0. The highest BCUT2D eigenvalue weighted by atomic mass is 79.9. The molecule has 0 N–H and O–H groups in total. The highest BCUT2D eigenvalue weighted by Crippen LogP contribution is 2.18. The second-order valence-corrected chi connectivity index (χ2v) is 4.64. The van der Waals surface area contributed by atoms with Crippen molar-refractivity contribution < 1.29 is 9.53 Å². The van der Waals surface area contributed by atoms with Crippen LogP contribution in [0.25, 0.3) is 0 Å². The predicted octanol–water partition coefficient (Wildman–Crippen LogP) is 3.28. The number of aromatic nitrogens is 1. The number of Topliss-reactive ketones (excluding diaryl/α,β-unsaturated/α-hetero) is 1. The summed E-state index contributed by atoms with van der Waals surface area (Å²) in [6, 6.07) is 11.1. The number of halogens is 1.